The number of aryl methyl sites for hydroxylation is 1. The SMILES string of the molecule is CC(=O)N(C)CC#Cc1cc(Nc2cc(C)[nH]n2)nc(N2CCCC2c2cc(-c3ccccn3)no2)n1. The van der Waals surface area contributed by atoms with Gasteiger partial charge in [0.2, 0.25) is 11.9 Å². The summed E-state index contributed by atoms with van der Waals surface area (Å²) in [5.41, 5.74) is 2.91. The lowest BCUT2D eigenvalue weighted by Gasteiger charge is -2.23. The molecule has 0 aliphatic carbocycles. The van der Waals surface area contributed by atoms with Gasteiger partial charge in [-0.15, -0.1) is 0 Å². The summed E-state index contributed by atoms with van der Waals surface area (Å²) in [5, 5.41) is 14.6. The minimum atomic E-state index is -0.0718. The Balaban J connectivity index is 1.45. The van der Waals surface area contributed by atoms with Gasteiger partial charge in [0, 0.05) is 50.6 Å². The van der Waals surface area contributed by atoms with Gasteiger partial charge in [0.1, 0.15) is 17.2 Å². The largest absolute Gasteiger partial charge is 0.358 e. The van der Waals surface area contributed by atoms with Crippen molar-refractivity contribution in [1.29, 1.82) is 0 Å². The summed E-state index contributed by atoms with van der Waals surface area (Å²) in [6, 6.07) is 11.2. The van der Waals surface area contributed by atoms with E-state index < -0.39 is 0 Å². The Bertz CT molecular complexity index is 1450. The molecule has 11 heteroatoms. The van der Waals surface area contributed by atoms with Crippen LogP contribution in [-0.4, -0.2) is 61.3 Å². The number of aromatic amines is 1. The molecule has 2 N–H and O–H groups in total. The first kappa shape index (κ1) is 24.0. The molecule has 1 unspecified atom stereocenters. The van der Waals surface area contributed by atoms with Crippen molar-refractivity contribution in [3.63, 3.8) is 0 Å². The highest BCUT2D eigenvalue weighted by molar-refractivity contribution is 5.73. The lowest BCUT2D eigenvalue weighted by Crippen LogP contribution is -2.25. The number of carbonyl (C=O) groups is 1. The van der Waals surface area contributed by atoms with E-state index in [0.717, 1.165) is 36.5 Å². The van der Waals surface area contributed by atoms with Crippen molar-refractivity contribution in [2.24, 2.45) is 0 Å². The molecule has 4 aromatic heterocycles. The summed E-state index contributed by atoms with van der Waals surface area (Å²) in [7, 11) is 1.71. The fraction of sp³-hybridized carbons (Fsp3) is 0.308. The first-order valence-electron chi connectivity index (χ1n) is 12.0. The first-order valence-corrected chi connectivity index (χ1v) is 12.0. The molecular formula is C26H27N9O2. The third-order valence-electron chi connectivity index (χ3n) is 6.04. The van der Waals surface area contributed by atoms with Gasteiger partial charge in [0.15, 0.2) is 11.6 Å². The molecular weight excluding hydrogens is 470 g/mol. The molecule has 4 aromatic rings. The zero-order valence-electron chi connectivity index (χ0n) is 20.9. The van der Waals surface area contributed by atoms with E-state index in [9.17, 15) is 4.79 Å². The molecule has 1 amide bonds. The predicted molar refractivity (Wildman–Crippen MR) is 138 cm³/mol. The molecule has 1 atom stereocenters. The third kappa shape index (κ3) is 5.59. The van der Waals surface area contributed by atoms with E-state index >= 15 is 0 Å². The minimum absolute atomic E-state index is 0.0500. The highest BCUT2D eigenvalue weighted by Gasteiger charge is 2.32. The summed E-state index contributed by atoms with van der Waals surface area (Å²) < 4.78 is 5.74. The number of aromatic nitrogens is 6. The number of amides is 1. The second kappa shape index (κ2) is 10.5. The van der Waals surface area contributed by atoms with Crippen LogP contribution in [0.3, 0.4) is 0 Å². The summed E-state index contributed by atoms with van der Waals surface area (Å²) >= 11 is 0. The van der Waals surface area contributed by atoms with Crippen LogP contribution in [0.15, 0.2) is 47.1 Å². The van der Waals surface area contributed by atoms with Crippen LogP contribution in [0.25, 0.3) is 11.4 Å². The molecule has 1 aliphatic heterocycles. The molecule has 1 fully saturated rings. The van der Waals surface area contributed by atoms with Gasteiger partial charge in [-0.05, 0) is 37.8 Å². The minimum Gasteiger partial charge on any atom is -0.358 e. The standard InChI is InChI=1S/C26H27N9O2/c1-17-14-25(32-31-17)29-24-15-19(8-6-12-34(3)18(2)36)28-26(30-24)35-13-7-10-22(35)23-16-21(33-37-23)20-9-4-5-11-27-20/h4-5,9,11,14-16,22H,7,10,12-13H2,1-3H3,(H2,28,29,30,31,32). The summed E-state index contributed by atoms with van der Waals surface area (Å²) in [4.78, 5) is 29.1. The van der Waals surface area contributed by atoms with Crippen molar-refractivity contribution in [2.75, 3.05) is 30.4 Å². The van der Waals surface area contributed by atoms with Crippen molar-refractivity contribution in [2.45, 2.75) is 32.7 Å². The topological polar surface area (TPSA) is 129 Å². The summed E-state index contributed by atoms with van der Waals surface area (Å²) in [5.74, 6) is 8.52. The van der Waals surface area contributed by atoms with E-state index in [0.29, 0.717) is 35.5 Å². The molecule has 37 heavy (non-hydrogen) atoms. The van der Waals surface area contributed by atoms with E-state index in [1.807, 2.05) is 37.3 Å². The smallest absolute Gasteiger partial charge is 0.229 e. The van der Waals surface area contributed by atoms with Crippen LogP contribution in [0, 0.1) is 18.8 Å². The number of hydrogen-bond donors (Lipinski definition) is 2. The highest BCUT2D eigenvalue weighted by atomic mass is 16.5. The molecule has 0 aromatic carbocycles. The summed E-state index contributed by atoms with van der Waals surface area (Å²) in [6.07, 6.45) is 3.56. The van der Waals surface area contributed by atoms with Crippen LogP contribution < -0.4 is 10.2 Å². The van der Waals surface area contributed by atoms with Crippen molar-refractivity contribution in [3.05, 3.63) is 59.7 Å². The van der Waals surface area contributed by atoms with E-state index in [1.165, 1.54) is 6.92 Å². The Labute approximate surface area is 214 Å². The molecule has 5 rings (SSSR count). The van der Waals surface area contributed by atoms with E-state index in [1.54, 1.807) is 24.2 Å². The normalized spacial score (nSPS) is 14.8. The fourth-order valence-corrected chi connectivity index (χ4v) is 4.05. The van der Waals surface area contributed by atoms with Gasteiger partial charge in [-0.25, -0.2) is 4.98 Å². The van der Waals surface area contributed by atoms with E-state index in [2.05, 4.69) is 42.4 Å². The maximum atomic E-state index is 11.5. The summed E-state index contributed by atoms with van der Waals surface area (Å²) in [6.45, 7) is 4.50. The number of H-pyrrole nitrogens is 1. The van der Waals surface area contributed by atoms with Gasteiger partial charge in [0.25, 0.3) is 0 Å². The zero-order chi connectivity index (χ0) is 25.8. The molecule has 5 heterocycles. The monoisotopic (exact) mass is 497 g/mol. The van der Waals surface area contributed by atoms with Crippen molar-refractivity contribution in [3.8, 4) is 23.2 Å². The van der Waals surface area contributed by atoms with Crippen LogP contribution in [0.2, 0.25) is 0 Å². The lowest BCUT2D eigenvalue weighted by atomic mass is 10.1. The molecule has 1 aliphatic rings. The molecule has 0 spiro atoms. The maximum absolute atomic E-state index is 11.5. The van der Waals surface area contributed by atoms with Gasteiger partial charge >= 0.3 is 0 Å². The Morgan fingerprint density at radius 2 is 2.14 bits per heavy atom. The van der Waals surface area contributed by atoms with Gasteiger partial charge in [-0.1, -0.05) is 17.1 Å². The maximum Gasteiger partial charge on any atom is 0.229 e. The zero-order valence-corrected chi connectivity index (χ0v) is 20.9. The second-order valence-electron chi connectivity index (χ2n) is 8.86. The third-order valence-corrected chi connectivity index (χ3v) is 6.04. The molecule has 11 nitrogen and oxygen atoms in total. The molecule has 0 bridgehead atoms. The van der Waals surface area contributed by atoms with Crippen LogP contribution >= 0.6 is 0 Å². The average Bonchev–Trinajstić information content (AvgIpc) is 3.65. The molecule has 0 saturated carbocycles. The first-order chi connectivity index (χ1) is 18.0. The highest BCUT2D eigenvalue weighted by Crippen LogP contribution is 2.36. The van der Waals surface area contributed by atoms with Crippen LogP contribution in [-0.2, 0) is 4.79 Å². The van der Waals surface area contributed by atoms with Gasteiger partial charge in [0.05, 0.1) is 18.3 Å². The Morgan fingerprint density at radius 3 is 2.89 bits per heavy atom. The van der Waals surface area contributed by atoms with E-state index in [-0.39, 0.29) is 11.9 Å². The van der Waals surface area contributed by atoms with E-state index in [4.69, 9.17) is 14.5 Å². The lowest BCUT2D eigenvalue weighted by molar-refractivity contribution is -0.126. The number of anilines is 3. The van der Waals surface area contributed by atoms with Crippen LogP contribution in [0.5, 0.6) is 0 Å². The van der Waals surface area contributed by atoms with Gasteiger partial charge < -0.3 is 19.6 Å². The Kier molecular flexibility index (Phi) is 6.81. The van der Waals surface area contributed by atoms with Gasteiger partial charge in [-0.3, -0.25) is 14.9 Å². The number of carbonyl (C=O) groups excluding carboxylic acids is 1. The van der Waals surface area contributed by atoms with Crippen molar-refractivity contribution in [1.82, 2.24) is 35.2 Å². The predicted octanol–water partition coefficient (Wildman–Crippen LogP) is 3.47. The number of nitrogens with zero attached hydrogens (tertiary/aromatic N) is 7. The van der Waals surface area contributed by atoms with Gasteiger partial charge in [-0.2, -0.15) is 10.1 Å². The Morgan fingerprint density at radius 1 is 1.24 bits per heavy atom. The van der Waals surface area contributed by atoms with Crippen LogP contribution in [0.1, 0.15) is 43.0 Å². The number of hydrogen-bond acceptors (Lipinski definition) is 9. The Hall–Kier alpha value is -4.72. The molecule has 188 valence electrons. The quantitative estimate of drug-likeness (QED) is 0.385. The van der Waals surface area contributed by atoms with Crippen LogP contribution in [0.4, 0.5) is 17.6 Å². The fourth-order valence-electron chi connectivity index (χ4n) is 4.05. The molecule has 0 radical (unpaired) electrons. The number of rotatable bonds is 6. The average molecular weight is 498 g/mol. The van der Waals surface area contributed by atoms with Crippen molar-refractivity contribution < 1.29 is 9.32 Å². The number of nitrogens with one attached hydrogen (secondary N) is 2. The molecule has 1 saturated heterocycles. The second-order valence-corrected chi connectivity index (χ2v) is 8.86. The number of pyridine rings is 1. The van der Waals surface area contributed by atoms with Crippen molar-refractivity contribution >= 4 is 23.5 Å².